The second-order valence-corrected chi connectivity index (χ2v) is 2.81. The smallest absolute Gasteiger partial charge is 0.0558 e. The van der Waals surface area contributed by atoms with Crippen molar-refractivity contribution in [3.05, 3.63) is 0 Å². The van der Waals surface area contributed by atoms with E-state index in [1.165, 1.54) is 0 Å². The van der Waals surface area contributed by atoms with Gasteiger partial charge in [0, 0.05) is 25.6 Å². The third-order valence-corrected chi connectivity index (χ3v) is 1.66. The Kier molecular flexibility index (Phi) is 5.91. The van der Waals surface area contributed by atoms with E-state index in [1.54, 1.807) is 0 Å². The van der Waals surface area contributed by atoms with Gasteiger partial charge in [-0.2, -0.15) is 0 Å². The van der Waals surface area contributed by atoms with E-state index < -0.39 is 0 Å². The van der Waals surface area contributed by atoms with Gasteiger partial charge in [-0.25, -0.2) is 0 Å². The Morgan fingerprint density at radius 1 is 1.45 bits per heavy atom. The van der Waals surface area contributed by atoms with E-state index in [2.05, 4.69) is 24.7 Å². The van der Waals surface area contributed by atoms with Gasteiger partial charge in [-0.1, -0.05) is 0 Å². The van der Waals surface area contributed by atoms with E-state index in [0.717, 1.165) is 19.5 Å². The first kappa shape index (κ1) is 10.5. The average Bonchev–Trinajstić information content (AvgIpc) is 1.97. The van der Waals surface area contributed by atoms with Crippen LogP contribution in [0.15, 0.2) is 0 Å². The van der Waals surface area contributed by atoms with E-state index in [1.807, 2.05) is 0 Å². The molecule has 0 aliphatic carbocycles. The summed E-state index contributed by atoms with van der Waals surface area (Å²) in [6.07, 6.45) is 5.90. The molecule has 0 fully saturated rings. The molecule has 0 aliphatic heterocycles. The Morgan fingerprint density at radius 2 is 2.09 bits per heavy atom. The molecule has 0 aromatic carbocycles. The molecule has 0 aromatic rings. The SMILES string of the molecule is C#CCCN(CCO)C(C)C. The zero-order valence-electron chi connectivity index (χ0n) is 7.38. The highest BCUT2D eigenvalue weighted by Crippen LogP contribution is 1.97. The van der Waals surface area contributed by atoms with E-state index in [9.17, 15) is 0 Å². The summed E-state index contributed by atoms with van der Waals surface area (Å²) in [5.74, 6) is 2.59. The van der Waals surface area contributed by atoms with Gasteiger partial charge in [-0.05, 0) is 13.8 Å². The number of nitrogens with zero attached hydrogens (tertiary/aromatic N) is 1. The molecule has 2 nitrogen and oxygen atoms in total. The van der Waals surface area contributed by atoms with Crippen LogP contribution < -0.4 is 0 Å². The van der Waals surface area contributed by atoms with Crippen molar-refractivity contribution in [3.8, 4) is 12.3 Å². The standard InChI is InChI=1S/C9H17NO/c1-4-5-6-10(7-8-11)9(2)3/h1,9,11H,5-8H2,2-3H3. The maximum Gasteiger partial charge on any atom is 0.0558 e. The largest absolute Gasteiger partial charge is 0.395 e. The summed E-state index contributed by atoms with van der Waals surface area (Å²) in [4.78, 5) is 2.17. The van der Waals surface area contributed by atoms with Gasteiger partial charge in [-0.15, -0.1) is 12.3 Å². The summed E-state index contributed by atoms with van der Waals surface area (Å²) in [5, 5.41) is 8.69. The molecule has 11 heavy (non-hydrogen) atoms. The van der Waals surface area contributed by atoms with Crippen molar-refractivity contribution < 1.29 is 5.11 Å². The van der Waals surface area contributed by atoms with Crippen molar-refractivity contribution >= 4 is 0 Å². The summed E-state index contributed by atoms with van der Waals surface area (Å²) in [6, 6.07) is 0.468. The van der Waals surface area contributed by atoms with Crippen LogP contribution in [0.2, 0.25) is 0 Å². The van der Waals surface area contributed by atoms with Crippen molar-refractivity contribution in [1.29, 1.82) is 0 Å². The van der Waals surface area contributed by atoms with Crippen LogP contribution >= 0.6 is 0 Å². The van der Waals surface area contributed by atoms with Crippen LogP contribution in [0.4, 0.5) is 0 Å². The third-order valence-electron chi connectivity index (χ3n) is 1.66. The van der Waals surface area contributed by atoms with E-state index in [0.29, 0.717) is 6.04 Å². The number of hydrogen-bond acceptors (Lipinski definition) is 2. The molecule has 0 bridgehead atoms. The maximum absolute atomic E-state index is 8.69. The molecule has 0 saturated carbocycles. The predicted molar refractivity (Wildman–Crippen MR) is 47.2 cm³/mol. The second kappa shape index (κ2) is 6.21. The number of aliphatic hydroxyl groups is 1. The molecule has 0 atom stereocenters. The van der Waals surface area contributed by atoms with Crippen LogP contribution in [0.3, 0.4) is 0 Å². The molecule has 0 aromatic heterocycles. The minimum Gasteiger partial charge on any atom is -0.395 e. The molecule has 64 valence electrons. The summed E-state index contributed by atoms with van der Waals surface area (Å²) in [6.45, 7) is 6.02. The van der Waals surface area contributed by atoms with Gasteiger partial charge in [0.2, 0.25) is 0 Å². The zero-order valence-corrected chi connectivity index (χ0v) is 7.38. The number of terminal acetylenes is 1. The van der Waals surface area contributed by atoms with Crippen LogP contribution in [0, 0.1) is 12.3 Å². The fourth-order valence-electron chi connectivity index (χ4n) is 0.965. The van der Waals surface area contributed by atoms with Crippen molar-refractivity contribution in [2.75, 3.05) is 19.7 Å². The first-order chi connectivity index (χ1) is 5.22. The van der Waals surface area contributed by atoms with Crippen LogP contribution in [-0.4, -0.2) is 35.7 Å². The minimum atomic E-state index is 0.211. The number of hydrogen-bond donors (Lipinski definition) is 1. The second-order valence-electron chi connectivity index (χ2n) is 2.81. The lowest BCUT2D eigenvalue weighted by Gasteiger charge is -2.24. The van der Waals surface area contributed by atoms with Gasteiger partial charge >= 0.3 is 0 Å². The van der Waals surface area contributed by atoms with Gasteiger partial charge in [-0.3, -0.25) is 4.90 Å². The maximum atomic E-state index is 8.69. The topological polar surface area (TPSA) is 23.5 Å². The quantitative estimate of drug-likeness (QED) is 0.591. The number of rotatable bonds is 5. The van der Waals surface area contributed by atoms with Gasteiger partial charge < -0.3 is 5.11 Å². The molecule has 1 N–H and O–H groups in total. The summed E-state index contributed by atoms with van der Waals surface area (Å²) >= 11 is 0. The molecular weight excluding hydrogens is 138 g/mol. The highest BCUT2D eigenvalue weighted by atomic mass is 16.3. The Labute approximate surface area is 69.2 Å². The molecule has 0 radical (unpaired) electrons. The first-order valence-electron chi connectivity index (χ1n) is 4.00. The van der Waals surface area contributed by atoms with Gasteiger partial charge in [0.05, 0.1) is 6.61 Å². The fourth-order valence-corrected chi connectivity index (χ4v) is 0.965. The van der Waals surface area contributed by atoms with Gasteiger partial charge in [0.25, 0.3) is 0 Å². The normalized spacial score (nSPS) is 10.5. The summed E-state index contributed by atoms with van der Waals surface area (Å²) in [7, 11) is 0. The highest BCUT2D eigenvalue weighted by Gasteiger charge is 2.06. The van der Waals surface area contributed by atoms with Crippen molar-refractivity contribution in [1.82, 2.24) is 4.90 Å². The molecule has 0 saturated heterocycles. The Bertz CT molecular complexity index is 126. The molecular formula is C9H17NO. The lowest BCUT2D eigenvalue weighted by atomic mass is 10.3. The molecule has 2 heteroatoms. The third kappa shape index (κ3) is 4.83. The van der Waals surface area contributed by atoms with Crippen LogP contribution in [0.5, 0.6) is 0 Å². The van der Waals surface area contributed by atoms with E-state index >= 15 is 0 Å². The van der Waals surface area contributed by atoms with Crippen LogP contribution in [0.25, 0.3) is 0 Å². The Morgan fingerprint density at radius 3 is 2.45 bits per heavy atom. The lowest BCUT2D eigenvalue weighted by molar-refractivity contribution is 0.169. The van der Waals surface area contributed by atoms with Crippen molar-refractivity contribution in [2.45, 2.75) is 26.3 Å². The zero-order chi connectivity index (χ0) is 8.69. The number of aliphatic hydroxyl groups excluding tert-OH is 1. The highest BCUT2D eigenvalue weighted by molar-refractivity contribution is 4.85. The van der Waals surface area contributed by atoms with Crippen molar-refractivity contribution in [2.24, 2.45) is 0 Å². The van der Waals surface area contributed by atoms with E-state index in [4.69, 9.17) is 11.5 Å². The molecule has 0 aliphatic rings. The lowest BCUT2D eigenvalue weighted by Crippen LogP contribution is -2.34. The summed E-state index contributed by atoms with van der Waals surface area (Å²) < 4.78 is 0. The molecule has 0 unspecified atom stereocenters. The minimum absolute atomic E-state index is 0.211. The van der Waals surface area contributed by atoms with Crippen LogP contribution in [0.1, 0.15) is 20.3 Å². The first-order valence-corrected chi connectivity index (χ1v) is 4.00. The monoisotopic (exact) mass is 155 g/mol. The molecule has 0 heterocycles. The molecule has 0 rings (SSSR count). The Hall–Kier alpha value is -0.520. The van der Waals surface area contributed by atoms with Crippen LogP contribution in [-0.2, 0) is 0 Å². The predicted octanol–water partition coefficient (Wildman–Crippen LogP) is 0.712. The van der Waals surface area contributed by atoms with E-state index in [-0.39, 0.29) is 6.61 Å². The van der Waals surface area contributed by atoms with Crippen molar-refractivity contribution in [3.63, 3.8) is 0 Å². The Balaban J connectivity index is 3.62. The fraction of sp³-hybridized carbons (Fsp3) is 0.778. The van der Waals surface area contributed by atoms with Gasteiger partial charge in [0.15, 0.2) is 0 Å². The summed E-state index contributed by atoms with van der Waals surface area (Å²) in [5.41, 5.74) is 0. The van der Waals surface area contributed by atoms with Gasteiger partial charge in [0.1, 0.15) is 0 Å². The average molecular weight is 155 g/mol. The molecule has 0 amide bonds. The molecule has 0 spiro atoms.